The van der Waals surface area contributed by atoms with Crippen LogP contribution in [0.4, 0.5) is 0 Å². The third kappa shape index (κ3) is 0.988. The average Bonchev–Trinajstić information content (AvgIpc) is 2.24. The van der Waals surface area contributed by atoms with E-state index in [1.807, 2.05) is 0 Å². The molecule has 0 aromatic rings. The first-order chi connectivity index (χ1) is 4.86. The molecule has 1 saturated heterocycles. The van der Waals surface area contributed by atoms with Crippen molar-refractivity contribution < 1.29 is 0 Å². The summed E-state index contributed by atoms with van der Waals surface area (Å²) in [6.45, 7) is 6.17. The summed E-state index contributed by atoms with van der Waals surface area (Å²) in [6, 6.07) is 0. The Kier molecular flexibility index (Phi) is 1.53. The zero-order valence-corrected chi connectivity index (χ0v) is 6.64. The third-order valence-electron chi connectivity index (χ3n) is 2.90. The molecule has 3 heterocycles. The highest BCUT2D eigenvalue weighted by atomic mass is 15.1. The van der Waals surface area contributed by atoms with Gasteiger partial charge in [0.2, 0.25) is 0 Å². The fraction of sp³-hybridized carbons (Fsp3) is 0.778. The highest BCUT2D eigenvalue weighted by Crippen LogP contribution is 2.27. The van der Waals surface area contributed by atoms with Gasteiger partial charge in [-0.15, -0.1) is 0 Å². The van der Waals surface area contributed by atoms with Crippen LogP contribution in [0.5, 0.6) is 0 Å². The average molecular weight is 137 g/mol. The van der Waals surface area contributed by atoms with Crippen LogP contribution in [0, 0.1) is 5.92 Å². The molecule has 0 aromatic heterocycles. The van der Waals surface area contributed by atoms with E-state index in [0.717, 1.165) is 5.92 Å². The molecule has 2 bridgehead atoms. The second-order valence-corrected chi connectivity index (χ2v) is 3.52. The highest BCUT2D eigenvalue weighted by Gasteiger charge is 2.22. The van der Waals surface area contributed by atoms with Gasteiger partial charge in [0, 0.05) is 6.54 Å². The van der Waals surface area contributed by atoms with Crippen LogP contribution in [0.15, 0.2) is 11.6 Å². The molecule has 0 N–H and O–H groups in total. The minimum absolute atomic E-state index is 0.929. The standard InChI is InChI=1S/C9H15N/c1-8-2-5-10-6-3-9(8)4-7-10/h2,9H,3-7H2,1H3. The van der Waals surface area contributed by atoms with E-state index < -0.39 is 0 Å². The Morgan fingerprint density at radius 3 is 2.80 bits per heavy atom. The monoisotopic (exact) mass is 137 g/mol. The van der Waals surface area contributed by atoms with Gasteiger partial charge in [0.25, 0.3) is 0 Å². The third-order valence-corrected chi connectivity index (χ3v) is 2.90. The lowest BCUT2D eigenvalue weighted by Crippen LogP contribution is -2.31. The minimum atomic E-state index is 0.929. The van der Waals surface area contributed by atoms with Crippen LogP contribution in [0.2, 0.25) is 0 Å². The SMILES string of the molecule is CC1=CCN2CCC1CC2. The Morgan fingerprint density at radius 1 is 1.40 bits per heavy atom. The molecule has 1 fully saturated rings. The molecule has 1 nitrogen and oxygen atoms in total. The number of nitrogens with zero attached hydrogens (tertiary/aromatic N) is 1. The molecule has 10 heavy (non-hydrogen) atoms. The van der Waals surface area contributed by atoms with Crippen molar-refractivity contribution in [3.63, 3.8) is 0 Å². The summed E-state index contributed by atoms with van der Waals surface area (Å²) in [4.78, 5) is 2.55. The second kappa shape index (κ2) is 2.39. The molecule has 3 rings (SSSR count). The Bertz CT molecular complexity index is 152. The van der Waals surface area contributed by atoms with Gasteiger partial charge in [-0.05, 0) is 38.8 Å². The molecule has 0 radical (unpaired) electrons. The van der Waals surface area contributed by atoms with Gasteiger partial charge < -0.3 is 0 Å². The zero-order valence-electron chi connectivity index (χ0n) is 6.64. The van der Waals surface area contributed by atoms with Gasteiger partial charge in [0.15, 0.2) is 0 Å². The van der Waals surface area contributed by atoms with Crippen molar-refractivity contribution in [3.8, 4) is 0 Å². The number of piperidine rings is 1. The normalized spacial score (nSPS) is 39.1. The fourth-order valence-electron chi connectivity index (χ4n) is 2.01. The van der Waals surface area contributed by atoms with Crippen LogP contribution in [0.1, 0.15) is 19.8 Å². The van der Waals surface area contributed by atoms with Gasteiger partial charge in [0.1, 0.15) is 0 Å². The summed E-state index contributed by atoms with van der Waals surface area (Å²) in [6.07, 6.45) is 5.22. The van der Waals surface area contributed by atoms with Crippen molar-refractivity contribution in [2.45, 2.75) is 19.8 Å². The van der Waals surface area contributed by atoms with Gasteiger partial charge in [-0.1, -0.05) is 11.6 Å². The Hall–Kier alpha value is -0.300. The number of hydrogen-bond acceptors (Lipinski definition) is 1. The fourth-order valence-corrected chi connectivity index (χ4v) is 2.01. The smallest absolute Gasteiger partial charge is 0.0165 e. The second-order valence-electron chi connectivity index (χ2n) is 3.52. The van der Waals surface area contributed by atoms with E-state index in [2.05, 4.69) is 17.9 Å². The van der Waals surface area contributed by atoms with E-state index >= 15 is 0 Å². The largest absolute Gasteiger partial charge is 0.300 e. The highest BCUT2D eigenvalue weighted by molar-refractivity contribution is 5.09. The van der Waals surface area contributed by atoms with Crippen LogP contribution >= 0.6 is 0 Å². The molecule has 0 unspecified atom stereocenters. The maximum atomic E-state index is 2.55. The summed E-state index contributed by atoms with van der Waals surface area (Å²) >= 11 is 0. The van der Waals surface area contributed by atoms with Crippen molar-refractivity contribution >= 4 is 0 Å². The first-order valence-electron chi connectivity index (χ1n) is 4.25. The number of hydrogen-bond donors (Lipinski definition) is 0. The molecule has 0 aromatic carbocycles. The van der Waals surface area contributed by atoms with E-state index in [0.29, 0.717) is 0 Å². The molecular formula is C9H15N. The molecule has 3 aliphatic rings. The molecule has 0 atom stereocenters. The van der Waals surface area contributed by atoms with Crippen molar-refractivity contribution in [2.75, 3.05) is 19.6 Å². The van der Waals surface area contributed by atoms with Gasteiger partial charge in [-0.2, -0.15) is 0 Å². The molecule has 1 heteroatoms. The first kappa shape index (κ1) is 6.41. The predicted octanol–water partition coefficient (Wildman–Crippen LogP) is 1.66. The van der Waals surface area contributed by atoms with E-state index in [-0.39, 0.29) is 0 Å². The Morgan fingerprint density at radius 2 is 2.10 bits per heavy atom. The molecule has 3 aliphatic heterocycles. The molecule has 56 valence electrons. The van der Waals surface area contributed by atoms with Crippen LogP contribution in [0.3, 0.4) is 0 Å². The lowest BCUT2D eigenvalue weighted by molar-refractivity contribution is 0.231. The molecular weight excluding hydrogens is 122 g/mol. The Labute approximate surface area is 62.7 Å². The van der Waals surface area contributed by atoms with Gasteiger partial charge in [-0.3, -0.25) is 4.90 Å². The van der Waals surface area contributed by atoms with Crippen molar-refractivity contribution in [2.24, 2.45) is 5.92 Å². The van der Waals surface area contributed by atoms with E-state index in [9.17, 15) is 0 Å². The predicted molar refractivity (Wildman–Crippen MR) is 42.9 cm³/mol. The van der Waals surface area contributed by atoms with E-state index in [1.165, 1.54) is 32.5 Å². The van der Waals surface area contributed by atoms with Crippen LogP contribution in [-0.2, 0) is 0 Å². The van der Waals surface area contributed by atoms with Gasteiger partial charge >= 0.3 is 0 Å². The van der Waals surface area contributed by atoms with Crippen molar-refractivity contribution in [1.29, 1.82) is 0 Å². The van der Waals surface area contributed by atoms with Crippen molar-refractivity contribution in [1.82, 2.24) is 4.90 Å². The van der Waals surface area contributed by atoms with Crippen LogP contribution in [-0.4, -0.2) is 24.5 Å². The lowest BCUT2D eigenvalue weighted by Gasteiger charge is -2.27. The molecule has 0 amide bonds. The quantitative estimate of drug-likeness (QED) is 0.459. The molecule has 0 spiro atoms. The zero-order chi connectivity index (χ0) is 6.97. The topological polar surface area (TPSA) is 3.24 Å². The minimum Gasteiger partial charge on any atom is -0.300 e. The number of rotatable bonds is 0. The maximum Gasteiger partial charge on any atom is 0.0165 e. The van der Waals surface area contributed by atoms with Gasteiger partial charge in [0.05, 0.1) is 0 Å². The van der Waals surface area contributed by atoms with E-state index in [1.54, 1.807) is 5.57 Å². The number of allylic oxidation sites excluding steroid dienone is 1. The molecule has 0 saturated carbocycles. The van der Waals surface area contributed by atoms with E-state index in [4.69, 9.17) is 0 Å². The summed E-state index contributed by atoms with van der Waals surface area (Å²) in [5.41, 5.74) is 1.64. The van der Waals surface area contributed by atoms with Crippen molar-refractivity contribution in [3.05, 3.63) is 11.6 Å². The van der Waals surface area contributed by atoms with Crippen LogP contribution in [0.25, 0.3) is 0 Å². The Balaban J connectivity index is 2.18. The summed E-state index contributed by atoms with van der Waals surface area (Å²) < 4.78 is 0. The summed E-state index contributed by atoms with van der Waals surface area (Å²) in [5, 5.41) is 0. The first-order valence-corrected chi connectivity index (χ1v) is 4.25. The molecule has 0 aliphatic carbocycles. The summed E-state index contributed by atoms with van der Waals surface area (Å²) in [5.74, 6) is 0.929. The summed E-state index contributed by atoms with van der Waals surface area (Å²) in [7, 11) is 0. The number of fused-ring (bicyclic) bond motifs is 3. The maximum absolute atomic E-state index is 2.55. The van der Waals surface area contributed by atoms with Gasteiger partial charge in [-0.25, -0.2) is 0 Å². The lowest BCUT2D eigenvalue weighted by atomic mass is 9.92. The van der Waals surface area contributed by atoms with Crippen LogP contribution < -0.4 is 0 Å².